The third-order valence-corrected chi connectivity index (χ3v) is 5.35. The fourth-order valence-corrected chi connectivity index (χ4v) is 3.61. The van der Waals surface area contributed by atoms with Gasteiger partial charge in [-0.25, -0.2) is 4.99 Å². The zero-order chi connectivity index (χ0) is 16.7. The molecule has 2 aliphatic rings. The molecular formula is C19H16N2OS2. The molecule has 0 spiro atoms. The largest absolute Gasteiger partial charge is 0.442 e. The molecule has 120 valence electrons. The summed E-state index contributed by atoms with van der Waals surface area (Å²) in [5, 5.41) is 0. The van der Waals surface area contributed by atoms with Gasteiger partial charge in [0.1, 0.15) is 10.7 Å². The van der Waals surface area contributed by atoms with Gasteiger partial charge >= 0.3 is 0 Å². The Morgan fingerprint density at radius 3 is 2.67 bits per heavy atom. The molecule has 0 saturated carbocycles. The summed E-state index contributed by atoms with van der Waals surface area (Å²) in [5.41, 5.74) is 3.35. The summed E-state index contributed by atoms with van der Waals surface area (Å²) in [6.45, 7) is 2.08. The van der Waals surface area contributed by atoms with Crippen molar-refractivity contribution in [1.29, 1.82) is 0 Å². The lowest BCUT2D eigenvalue weighted by atomic mass is 9.93. The highest BCUT2D eigenvalue weighted by molar-refractivity contribution is 7.98. The van der Waals surface area contributed by atoms with Crippen LogP contribution < -0.4 is 4.74 Å². The second-order valence-electron chi connectivity index (χ2n) is 5.92. The molecule has 1 atom stereocenters. The van der Waals surface area contributed by atoms with Gasteiger partial charge in [-0.3, -0.25) is 0 Å². The number of aliphatic imine (C=N–C) groups is 2. The van der Waals surface area contributed by atoms with E-state index < -0.39 is 0 Å². The van der Waals surface area contributed by atoms with Crippen molar-refractivity contribution in [2.24, 2.45) is 15.9 Å². The highest BCUT2D eigenvalue weighted by Crippen LogP contribution is 2.32. The van der Waals surface area contributed by atoms with E-state index in [4.69, 9.17) is 17.0 Å². The van der Waals surface area contributed by atoms with Gasteiger partial charge in [0.15, 0.2) is 5.84 Å². The van der Waals surface area contributed by atoms with Crippen molar-refractivity contribution in [3.05, 3.63) is 59.2 Å². The Kier molecular flexibility index (Phi) is 3.98. The van der Waals surface area contributed by atoms with Crippen LogP contribution in [0.4, 0.5) is 0 Å². The van der Waals surface area contributed by atoms with Gasteiger partial charge in [0.25, 0.3) is 0 Å². The van der Waals surface area contributed by atoms with E-state index in [1.54, 1.807) is 11.8 Å². The Morgan fingerprint density at radius 1 is 1.12 bits per heavy atom. The zero-order valence-electron chi connectivity index (χ0n) is 13.4. The van der Waals surface area contributed by atoms with E-state index in [-0.39, 0.29) is 5.92 Å². The van der Waals surface area contributed by atoms with E-state index in [1.165, 1.54) is 16.0 Å². The van der Waals surface area contributed by atoms with Crippen molar-refractivity contribution in [1.82, 2.24) is 0 Å². The topological polar surface area (TPSA) is 34.0 Å². The molecule has 2 heterocycles. The first kappa shape index (κ1) is 15.5. The van der Waals surface area contributed by atoms with Crippen LogP contribution in [0.15, 0.2) is 57.3 Å². The second-order valence-corrected chi connectivity index (χ2v) is 7.22. The lowest BCUT2D eigenvalue weighted by Gasteiger charge is -2.28. The number of rotatable bonds is 2. The minimum atomic E-state index is -0.0384. The molecule has 0 saturated heterocycles. The molecule has 1 unspecified atom stereocenters. The number of hydrogen-bond donors (Lipinski definition) is 0. The van der Waals surface area contributed by atoms with E-state index in [2.05, 4.69) is 47.4 Å². The summed E-state index contributed by atoms with van der Waals surface area (Å²) in [5.74, 6) is 2.13. The maximum atomic E-state index is 6.04. The van der Waals surface area contributed by atoms with Crippen LogP contribution in [0.5, 0.6) is 5.75 Å². The number of fused-ring (bicyclic) bond motifs is 2. The molecule has 0 radical (unpaired) electrons. The molecule has 4 rings (SSSR count). The van der Waals surface area contributed by atoms with Crippen molar-refractivity contribution in [3.63, 3.8) is 0 Å². The number of aryl methyl sites for hydroxylation is 1. The van der Waals surface area contributed by atoms with E-state index in [0.717, 1.165) is 17.7 Å². The van der Waals surface area contributed by atoms with Crippen LogP contribution in [-0.2, 0) is 6.42 Å². The number of nitrogens with zero attached hydrogens (tertiary/aromatic N) is 2. The van der Waals surface area contributed by atoms with Gasteiger partial charge in [-0.2, -0.15) is 4.99 Å². The number of thiocarbonyl (C=S) groups is 1. The number of ether oxygens (including phenoxy) is 1. The van der Waals surface area contributed by atoms with Crippen LogP contribution >= 0.6 is 24.0 Å². The van der Waals surface area contributed by atoms with Gasteiger partial charge in [0.2, 0.25) is 5.90 Å². The first-order valence-corrected chi connectivity index (χ1v) is 9.40. The molecular weight excluding hydrogens is 336 g/mol. The Hall–Kier alpha value is -1.98. The molecule has 0 aliphatic carbocycles. The highest BCUT2D eigenvalue weighted by Gasteiger charge is 2.33. The molecule has 0 fully saturated rings. The van der Waals surface area contributed by atoms with Gasteiger partial charge in [0, 0.05) is 10.5 Å². The molecule has 24 heavy (non-hydrogen) atoms. The molecule has 0 N–H and O–H groups in total. The Bertz CT molecular complexity index is 885. The number of thioether (sulfide) groups is 1. The summed E-state index contributed by atoms with van der Waals surface area (Å²) in [4.78, 5) is 11.1. The molecule has 3 nitrogen and oxygen atoms in total. The summed E-state index contributed by atoms with van der Waals surface area (Å²) in [6, 6.07) is 14.4. The van der Waals surface area contributed by atoms with Crippen LogP contribution in [0.25, 0.3) is 0 Å². The molecule has 5 heteroatoms. The van der Waals surface area contributed by atoms with Crippen molar-refractivity contribution in [2.45, 2.75) is 18.2 Å². The Morgan fingerprint density at radius 2 is 1.92 bits per heavy atom. The van der Waals surface area contributed by atoms with Gasteiger partial charge in [-0.1, -0.05) is 42.0 Å². The maximum Gasteiger partial charge on any atom is 0.207 e. The van der Waals surface area contributed by atoms with Crippen LogP contribution in [-0.4, -0.2) is 23.0 Å². The summed E-state index contributed by atoms with van der Waals surface area (Å²) < 4.78 is 6.04. The summed E-state index contributed by atoms with van der Waals surface area (Å²) in [7, 11) is 0. The normalized spacial score (nSPS) is 18.9. The fourth-order valence-electron chi connectivity index (χ4n) is 2.93. The zero-order valence-corrected chi connectivity index (χ0v) is 15.1. The minimum absolute atomic E-state index is 0.0384. The summed E-state index contributed by atoms with van der Waals surface area (Å²) in [6.07, 6.45) is 2.86. The lowest BCUT2D eigenvalue weighted by Crippen LogP contribution is -2.36. The molecule has 0 amide bonds. The first-order chi connectivity index (χ1) is 11.6. The third kappa shape index (κ3) is 2.78. The first-order valence-electron chi connectivity index (χ1n) is 7.77. The molecule has 2 aromatic carbocycles. The predicted octanol–water partition coefficient (Wildman–Crippen LogP) is 4.45. The van der Waals surface area contributed by atoms with Crippen molar-refractivity contribution in [2.75, 3.05) is 6.26 Å². The maximum absolute atomic E-state index is 6.04. The smallest absolute Gasteiger partial charge is 0.207 e. The van der Waals surface area contributed by atoms with Gasteiger partial charge in [-0.15, -0.1) is 11.8 Å². The monoisotopic (exact) mass is 352 g/mol. The quantitative estimate of drug-likeness (QED) is 0.591. The van der Waals surface area contributed by atoms with Crippen LogP contribution in [0.3, 0.4) is 0 Å². The molecule has 0 bridgehead atoms. The van der Waals surface area contributed by atoms with Crippen LogP contribution in [0.1, 0.15) is 16.7 Å². The van der Waals surface area contributed by atoms with Crippen molar-refractivity contribution >= 4 is 40.7 Å². The van der Waals surface area contributed by atoms with Gasteiger partial charge in [-0.05, 0) is 43.4 Å². The number of amidine groups is 1. The predicted molar refractivity (Wildman–Crippen MR) is 104 cm³/mol. The van der Waals surface area contributed by atoms with E-state index >= 15 is 0 Å². The standard InChI is InChI=1S/C19H16N2OS2/c1-11-3-8-16-13(9-11)10-15-18(22-16)20-17(21-19(15)23)12-4-6-14(24-2)7-5-12/h3-9,15H,10H2,1-2H3. The third-order valence-electron chi connectivity index (χ3n) is 4.23. The van der Waals surface area contributed by atoms with Crippen LogP contribution in [0.2, 0.25) is 0 Å². The minimum Gasteiger partial charge on any atom is -0.442 e. The van der Waals surface area contributed by atoms with Gasteiger partial charge in [0.05, 0.1) is 5.92 Å². The second kappa shape index (κ2) is 6.15. The van der Waals surface area contributed by atoms with E-state index in [1.807, 2.05) is 18.2 Å². The summed E-state index contributed by atoms with van der Waals surface area (Å²) >= 11 is 7.25. The van der Waals surface area contributed by atoms with E-state index in [0.29, 0.717) is 16.7 Å². The number of benzene rings is 2. The molecule has 2 aliphatic heterocycles. The van der Waals surface area contributed by atoms with Crippen molar-refractivity contribution < 1.29 is 4.74 Å². The molecule has 0 aromatic heterocycles. The Balaban J connectivity index is 1.69. The van der Waals surface area contributed by atoms with E-state index in [9.17, 15) is 0 Å². The van der Waals surface area contributed by atoms with Crippen LogP contribution in [0, 0.1) is 12.8 Å². The molecule has 2 aromatic rings. The van der Waals surface area contributed by atoms with Crippen molar-refractivity contribution in [3.8, 4) is 5.75 Å². The highest BCUT2D eigenvalue weighted by atomic mass is 32.2. The lowest BCUT2D eigenvalue weighted by molar-refractivity contribution is 0.482. The fraction of sp³-hybridized carbons (Fsp3) is 0.211. The number of hydrogen-bond acceptors (Lipinski definition) is 4. The average Bonchev–Trinajstić information content (AvgIpc) is 2.60. The average molecular weight is 352 g/mol. The Labute approximate surface area is 150 Å². The SMILES string of the molecule is CSc1ccc(C2=NC(=S)C3Cc4cc(C)ccc4OC3=N2)cc1. The van der Waals surface area contributed by atoms with Gasteiger partial charge < -0.3 is 4.74 Å².